The monoisotopic (exact) mass is 564 g/mol. The van der Waals surface area contributed by atoms with Gasteiger partial charge in [0.2, 0.25) is 5.91 Å². The van der Waals surface area contributed by atoms with Crippen LogP contribution in [0.25, 0.3) is 0 Å². The number of nitrogens with one attached hydrogen (secondary N) is 1. The lowest BCUT2D eigenvalue weighted by Gasteiger charge is -2.23. The lowest BCUT2D eigenvalue weighted by Crippen LogP contribution is -2.40. The predicted octanol–water partition coefficient (Wildman–Crippen LogP) is 3.71. The summed E-state index contributed by atoms with van der Waals surface area (Å²) in [5, 5.41) is 23.0. The Hall–Kier alpha value is -4.92. The molecule has 2 aromatic carbocycles. The number of non-ortho nitro benzene ring substituents is 1. The first kappa shape index (κ1) is 30.6. The minimum Gasteiger partial charge on any atom is -0.481 e. The van der Waals surface area contributed by atoms with Gasteiger partial charge in [-0.05, 0) is 51.0 Å². The highest BCUT2D eigenvalue weighted by Crippen LogP contribution is 2.29. The minimum atomic E-state index is -1.11. The Morgan fingerprint density at radius 1 is 1.17 bits per heavy atom. The number of nitro groups is 1. The van der Waals surface area contributed by atoms with Crippen molar-refractivity contribution in [2.75, 3.05) is 24.5 Å². The first-order valence-electron chi connectivity index (χ1n) is 13.0. The summed E-state index contributed by atoms with van der Waals surface area (Å²) in [7, 11) is 0. The van der Waals surface area contributed by atoms with Gasteiger partial charge < -0.3 is 25.0 Å². The Labute approximate surface area is 237 Å². The Morgan fingerprint density at radius 2 is 1.93 bits per heavy atom. The number of ether oxygens (including phenoxy) is 1. The number of nitrogens with zero attached hydrogens (tertiary/aromatic N) is 3. The first-order chi connectivity index (χ1) is 19.3. The van der Waals surface area contributed by atoms with Crippen molar-refractivity contribution in [2.24, 2.45) is 0 Å². The number of alkyl carbamates (subject to hydrolysis) is 1. The van der Waals surface area contributed by atoms with E-state index in [2.05, 4.69) is 17.2 Å². The van der Waals surface area contributed by atoms with Crippen molar-refractivity contribution in [3.8, 4) is 11.8 Å². The number of aliphatic carboxylic acids is 1. The second kappa shape index (κ2) is 13.4. The molecule has 0 radical (unpaired) electrons. The number of hydrogen-bond donors (Lipinski definition) is 2. The van der Waals surface area contributed by atoms with Gasteiger partial charge >= 0.3 is 12.1 Å². The number of nitro benzene ring substituents is 1. The maximum Gasteiger partial charge on any atom is 0.407 e. The van der Waals surface area contributed by atoms with Crippen molar-refractivity contribution >= 4 is 35.3 Å². The zero-order valence-corrected chi connectivity index (χ0v) is 23.1. The van der Waals surface area contributed by atoms with Gasteiger partial charge in [-0.1, -0.05) is 24.0 Å². The van der Waals surface area contributed by atoms with Crippen molar-refractivity contribution in [1.29, 1.82) is 0 Å². The molecule has 2 aromatic rings. The van der Waals surface area contributed by atoms with Crippen LogP contribution in [0.4, 0.5) is 16.2 Å². The summed E-state index contributed by atoms with van der Waals surface area (Å²) in [6.45, 7) is 5.17. The van der Waals surface area contributed by atoms with E-state index in [1.165, 1.54) is 28.0 Å². The standard InChI is InChI=1S/C29H32N4O8/c1-29(2,3)41-28(38)30-14-6-4-5-8-20-11-12-24-23(17-20)27(37)31(15-13-26(35)36)19-25(34)32(24)18-21-9-7-10-22(16-21)33(39)40/h7,9-12,16-17H,4,6,13-15,18-19H2,1-3H3,(H,30,38)(H,35,36). The lowest BCUT2D eigenvalue weighted by atomic mass is 10.1. The van der Waals surface area contributed by atoms with E-state index in [1.54, 1.807) is 45.0 Å². The molecule has 0 unspecified atom stereocenters. The molecule has 12 nitrogen and oxygen atoms in total. The predicted molar refractivity (Wildman–Crippen MR) is 149 cm³/mol. The minimum absolute atomic E-state index is 0.0246. The average molecular weight is 565 g/mol. The molecule has 0 aliphatic carbocycles. The summed E-state index contributed by atoms with van der Waals surface area (Å²) in [5.74, 6) is 3.91. The van der Waals surface area contributed by atoms with Crippen molar-refractivity contribution in [3.05, 3.63) is 69.3 Å². The Morgan fingerprint density at radius 3 is 2.61 bits per heavy atom. The number of carboxylic acids is 1. The van der Waals surface area contributed by atoms with Crippen molar-refractivity contribution in [2.45, 2.75) is 52.2 Å². The van der Waals surface area contributed by atoms with E-state index in [9.17, 15) is 29.3 Å². The first-order valence-corrected chi connectivity index (χ1v) is 13.0. The molecule has 0 bridgehead atoms. The van der Waals surface area contributed by atoms with Gasteiger partial charge in [-0.3, -0.25) is 24.5 Å². The summed E-state index contributed by atoms with van der Waals surface area (Å²) in [6, 6.07) is 10.7. The van der Waals surface area contributed by atoms with Gasteiger partial charge in [-0.15, -0.1) is 0 Å². The van der Waals surface area contributed by atoms with E-state index in [0.717, 1.165) is 0 Å². The van der Waals surface area contributed by atoms with E-state index in [1.807, 2.05) is 0 Å². The fraction of sp³-hybridized carbons (Fsp3) is 0.379. The molecule has 216 valence electrons. The van der Waals surface area contributed by atoms with Crippen LogP contribution >= 0.6 is 0 Å². The molecule has 3 rings (SSSR count). The SMILES string of the molecule is CC(C)(C)OC(=O)NCCCC#Cc1ccc2c(c1)C(=O)N(CCC(=O)O)CC(=O)N2Cc1cccc([N+](=O)[O-])c1. The number of hydrogen-bond acceptors (Lipinski definition) is 7. The fourth-order valence-electron chi connectivity index (χ4n) is 4.03. The number of carbonyl (C=O) groups excluding carboxylic acids is 3. The third-order valence-corrected chi connectivity index (χ3v) is 5.87. The Bertz CT molecular complexity index is 1400. The third-order valence-electron chi connectivity index (χ3n) is 5.87. The van der Waals surface area contributed by atoms with Crippen LogP contribution in [-0.4, -0.2) is 64.0 Å². The molecular formula is C29H32N4O8. The molecule has 3 amide bonds. The normalized spacial score (nSPS) is 13.0. The number of anilines is 1. The van der Waals surface area contributed by atoms with Gasteiger partial charge in [0.15, 0.2) is 0 Å². The zero-order chi connectivity index (χ0) is 30.2. The molecule has 1 heterocycles. The molecule has 0 fully saturated rings. The number of rotatable bonds is 9. The summed E-state index contributed by atoms with van der Waals surface area (Å²) in [5.41, 5.74) is 0.765. The van der Waals surface area contributed by atoms with Crippen LogP contribution < -0.4 is 10.2 Å². The molecule has 12 heteroatoms. The molecular weight excluding hydrogens is 532 g/mol. The average Bonchev–Trinajstić information content (AvgIpc) is 2.98. The van der Waals surface area contributed by atoms with Crippen molar-refractivity contribution in [3.63, 3.8) is 0 Å². The molecule has 1 aliphatic heterocycles. The van der Waals surface area contributed by atoms with Gasteiger partial charge in [-0.25, -0.2) is 4.79 Å². The molecule has 0 aromatic heterocycles. The number of unbranched alkanes of at least 4 members (excludes halogenated alkanes) is 1. The highest BCUT2D eigenvalue weighted by atomic mass is 16.6. The van der Waals surface area contributed by atoms with Gasteiger partial charge in [-0.2, -0.15) is 0 Å². The molecule has 0 spiro atoms. The highest BCUT2D eigenvalue weighted by molar-refractivity contribution is 6.09. The van der Waals surface area contributed by atoms with Gasteiger partial charge in [0.1, 0.15) is 12.1 Å². The topological polar surface area (TPSA) is 159 Å². The van der Waals surface area contributed by atoms with Gasteiger partial charge in [0.05, 0.1) is 29.1 Å². The Kier molecular flexibility index (Phi) is 10.0. The van der Waals surface area contributed by atoms with Crippen LogP contribution in [0.1, 0.15) is 61.5 Å². The second-order valence-corrected chi connectivity index (χ2v) is 10.3. The van der Waals surface area contributed by atoms with E-state index in [0.29, 0.717) is 36.2 Å². The van der Waals surface area contributed by atoms with Gasteiger partial charge in [0.25, 0.3) is 11.6 Å². The molecule has 0 atom stereocenters. The van der Waals surface area contributed by atoms with E-state index >= 15 is 0 Å². The van der Waals surface area contributed by atoms with E-state index in [4.69, 9.17) is 9.84 Å². The number of amides is 3. The largest absolute Gasteiger partial charge is 0.481 e. The van der Waals surface area contributed by atoms with Crippen LogP contribution in [-0.2, 0) is 20.9 Å². The van der Waals surface area contributed by atoms with Crippen LogP contribution in [0.3, 0.4) is 0 Å². The highest BCUT2D eigenvalue weighted by Gasteiger charge is 2.32. The summed E-state index contributed by atoms with van der Waals surface area (Å²) in [4.78, 5) is 62.8. The lowest BCUT2D eigenvalue weighted by molar-refractivity contribution is -0.384. The van der Waals surface area contributed by atoms with Crippen molar-refractivity contribution < 1.29 is 33.9 Å². The maximum atomic E-state index is 13.4. The number of carboxylic acid groups (broad SMARTS) is 1. The number of carbonyl (C=O) groups is 4. The number of fused-ring (bicyclic) bond motifs is 1. The van der Waals surface area contributed by atoms with E-state index < -0.39 is 34.4 Å². The van der Waals surface area contributed by atoms with Crippen LogP contribution in [0.15, 0.2) is 42.5 Å². The smallest absolute Gasteiger partial charge is 0.407 e. The molecule has 1 aliphatic rings. The molecule has 0 saturated heterocycles. The van der Waals surface area contributed by atoms with Crippen LogP contribution in [0.2, 0.25) is 0 Å². The zero-order valence-electron chi connectivity index (χ0n) is 23.1. The molecule has 2 N–H and O–H groups in total. The van der Waals surface area contributed by atoms with Crippen molar-refractivity contribution in [1.82, 2.24) is 10.2 Å². The Balaban J connectivity index is 1.82. The number of benzene rings is 2. The van der Waals surface area contributed by atoms with E-state index in [-0.39, 0.29) is 37.3 Å². The van der Waals surface area contributed by atoms with Crippen LogP contribution in [0, 0.1) is 22.0 Å². The molecule has 41 heavy (non-hydrogen) atoms. The van der Waals surface area contributed by atoms with Gasteiger partial charge in [0, 0.05) is 37.2 Å². The quantitative estimate of drug-likeness (QED) is 0.202. The second-order valence-electron chi connectivity index (χ2n) is 10.3. The fourth-order valence-corrected chi connectivity index (χ4v) is 4.03. The molecule has 0 saturated carbocycles. The maximum absolute atomic E-state index is 13.4. The van der Waals surface area contributed by atoms with Crippen LogP contribution in [0.5, 0.6) is 0 Å². The third kappa shape index (κ3) is 9.06. The summed E-state index contributed by atoms with van der Waals surface area (Å²) < 4.78 is 5.18. The summed E-state index contributed by atoms with van der Waals surface area (Å²) >= 11 is 0. The summed E-state index contributed by atoms with van der Waals surface area (Å²) in [6.07, 6.45) is 0.190.